The average molecular weight is 437 g/mol. The zero-order chi connectivity index (χ0) is 23.2. The highest BCUT2D eigenvalue weighted by Crippen LogP contribution is 2.27. The number of pyridine rings is 1. The molecule has 0 bridgehead atoms. The van der Waals surface area contributed by atoms with Gasteiger partial charge < -0.3 is 14.8 Å². The van der Waals surface area contributed by atoms with Crippen molar-refractivity contribution in [1.82, 2.24) is 29.4 Å². The fourth-order valence-corrected chi connectivity index (χ4v) is 3.82. The van der Waals surface area contributed by atoms with E-state index < -0.39 is 0 Å². The molecule has 0 fully saturated rings. The summed E-state index contributed by atoms with van der Waals surface area (Å²) in [5.74, 6) is -0.525. The summed E-state index contributed by atoms with van der Waals surface area (Å²) in [5.41, 5.74) is 1.92. The van der Waals surface area contributed by atoms with Crippen molar-refractivity contribution < 1.29 is 9.59 Å². The first-order chi connectivity index (χ1) is 15.1. The largest absolute Gasteiger partial charge is 0.349 e. The Balaban J connectivity index is 1.78. The molecule has 2 amide bonds. The molecule has 9 nitrogen and oxygen atoms in total. The Morgan fingerprint density at radius 1 is 1.22 bits per heavy atom. The summed E-state index contributed by atoms with van der Waals surface area (Å²) in [6.45, 7) is 10.2. The summed E-state index contributed by atoms with van der Waals surface area (Å²) >= 11 is 0. The molecule has 0 unspecified atom stereocenters. The summed E-state index contributed by atoms with van der Waals surface area (Å²) in [6.07, 6.45) is 1.67. The van der Waals surface area contributed by atoms with Gasteiger partial charge in [0.2, 0.25) is 5.91 Å². The van der Waals surface area contributed by atoms with Crippen LogP contribution < -0.4 is 10.9 Å². The van der Waals surface area contributed by atoms with E-state index >= 15 is 0 Å². The third-order valence-corrected chi connectivity index (χ3v) is 5.65. The van der Waals surface area contributed by atoms with Crippen molar-refractivity contribution in [2.45, 2.75) is 65.7 Å². The van der Waals surface area contributed by atoms with E-state index in [4.69, 9.17) is 0 Å². The second-order valence-electron chi connectivity index (χ2n) is 9.39. The van der Waals surface area contributed by atoms with Gasteiger partial charge in [-0.15, -0.1) is 0 Å². The molecule has 3 aromatic heterocycles. The summed E-state index contributed by atoms with van der Waals surface area (Å²) in [6, 6.07) is 7.21. The van der Waals surface area contributed by atoms with Crippen LogP contribution in [0.1, 0.15) is 62.1 Å². The van der Waals surface area contributed by atoms with Crippen LogP contribution in [0.5, 0.6) is 0 Å². The number of nitrogens with one attached hydrogen (secondary N) is 1. The van der Waals surface area contributed by atoms with Gasteiger partial charge in [0.15, 0.2) is 0 Å². The maximum Gasteiger partial charge on any atom is 0.280 e. The number of rotatable bonds is 5. The van der Waals surface area contributed by atoms with E-state index in [0.29, 0.717) is 16.9 Å². The standard InChI is InChI=1S/C23H28N6O3/c1-14(2)27-12-16-20(22(27)32)28(13-18(30)25-11-15-8-6-7-9-24-15)19-10-17(23(3,4)5)26-29(19)21(16)31/h6-10,14H,11-13H2,1-5H3,(H,25,30). The second kappa shape index (κ2) is 7.89. The Kier molecular flexibility index (Phi) is 5.36. The fourth-order valence-electron chi connectivity index (χ4n) is 3.82. The van der Waals surface area contributed by atoms with Crippen molar-refractivity contribution in [2.24, 2.45) is 0 Å². The number of carbonyl (C=O) groups excluding carboxylic acids is 2. The molecule has 4 rings (SSSR count). The van der Waals surface area contributed by atoms with Gasteiger partial charge in [0.25, 0.3) is 11.5 Å². The highest BCUT2D eigenvalue weighted by Gasteiger charge is 2.36. The lowest BCUT2D eigenvalue weighted by Crippen LogP contribution is -2.34. The van der Waals surface area contributed by atoms with Gasteiger partial charge in [-0.2, -0.15) is 9.61 Å². The molecule has 0 saturated heterocycles. The second-order valence-corrected chi connectivity index (χ2v) is 9.39. The number of carbonyl (C=O) groups is 2. The van der Waals surface area contributed by atoms with Crippen LogP contribution in [0.2, 0.25) is 0 Å². The van der Waals surface area contributed by atoms with Crippen molar-refractivity contribution in [3.8, 4) is 0 Å². The van der Waals surface area contributed by atoms with Gasteiger partial charge >= 0.3 is 0 Å². The van der Waals surface area contributed by atoms with Crippen molar-refractivity contribution in [3.63, 3.8) is 0 Å². The number of nitrogens with zero attached hydrogens (tertiary/aromatic N) is 5. The first-order valence-corrected chi connectivity index (χ1v) is 10.7. The number of aromatic nitrogens is 4. The minimum Gasteiger partial charge on any atom is -0.349 e. The van der Waals surface area contributed by atoms with Crippen LogP contribution in [0, 0.1) is 0 Å². The van der Waals surface area contributed by atoms with Crippen molar-refractivity contribution in [3.05, 3.63) is 63.5 Å². The molecule has 1 aliphatic heterocycles. The van der Waals surface area contributed by atoms with E-state index in [-0.39, 0.29) is 54.2 Å². The summed E-state index contributed by atoms with van der Waals surface area (Å²) in [4.78, 5) is 45.1. The van der Waals surface area contributed by atoms with Crippen LogP contribution in [0.4, 0.5) is 0 Å². The summed E-state index contributed by atoms with van der Waals surface area (Å²) in [7, 11) is 0. The van der Waals surface area contributed by atoms with E-state index in [9.17, 15) is 14.4 Å². The van der Waals surface area contributed by atoms with Gasteiger partial charge in [-0.3, -0.25) is 19.4 Å². The quantitative estimate of drug-likeness (QED) is 0.658. The molecule has 3 aromatic rings. The van der Waals surface area contributed by atoms with Gasteiger partial charge in [-0.25, -0.2) is 0 Å². The molecule has 0 saturated carbocycles. The van der Waals surface area contributed by atoms with E-state index in [0.717, 1.165) is 5.69 Å². The van der Waals surface area contributed by atoms with Crippen LogP contribution in [-0.4, -0.2) is 41.9 Å². The molecule has 1 N–H and O–H groups in total. The van der Waals surface area contributed by atoms with Gasteiger partial charge in [-0.1, -0.05) is 26.8 Å². The normalized spacial score (nSPS) is 13.8. The number of fused-ring (bicyclic) bond motifs is 2. The van der Waals surface area contributed by atoms with Crippen LogP contribution in [-0.2, 0) is 29.8 Å². The Morgan fingerprint density at radius 3 is 2.59 bits per heavy atom. The van der Waals surface area contributed by atoms with Gasteiger partial charge in [0.1, 0.15) is 17.9 Å². The maximum atomic E-state index is 13.2. The third-order valence-electron chi connectivity index (χ3n) is 5.65. The molecule has 0 aliphatic carbocycles. The Hall–Kier alpha value is -3.49. The molecule has 9 heteroatoms. The lowest BCUT2D eigenvalue weighted by molar-refractivity contribution is -0.121. The van der Waals surface area contributed by atoms with Crippen LogP contribution >= 0.6 is 0 Å². The van der Waals surface area contributed by atoms with Crippen molar-refractivity contribution in [1.29, 1.82) is 0 Å². The monoisotopic (exact) mass is 436 g/mol. The Bertz CT molecular complexity index is 1250. The highest BCUT2D eigenvalue weighted by atomic mass is 16.2. The first kappa shape index (κ1) is 21.7. The van der Waals surface area contributed by atoms with E-state index in [1.54, 1.807) is 21.7 Å². The fraction of sp³-hybridized carbons (Fsp3) is 0.435. The van der Waals surface area contributed by atoms with E-state index in [2.05, 4.69) is 15.4 Å². The summed E-state index contributed by atoms with van der Waals surface area (Å²) < 4.78 is 2.94. The number of hydrogen-bond acceptors (Lipinski definition) is 5. The first-order valence-electron chi connectivity index (χ1n) is 10.7. The molecular formula is C23H28N6O3. The van der Waals surface area contributed by atoms with Gasteiger partial charge in [-0.05, 0) is 26.0 Å². The van der Waals surface area contributed by atoms with Gasteiger partial charge in [0, 0.05) is 23.7 Å². The zero-order valence-corrected chi connectivity index (χ0v) is 19.0. The lowest BCUT2D eigenvalue weighted by Gasteiger charge is -2.20. The molecule has 32 heavy (non-hydrogen) atoms. The molecule has 4 heterocycles. The van der Waals surface area contributed by atoms with Crippen LogP contribution in [0.3, 0.4) is 0 Å². The minimum absolute atomic E-state index is 0.0711. The minimum atomic E-state index is -0.313. The highest BCUT2D eigenvalue weighted by molar-refractivity contribution is 5.98. The number of amides is 2. The molecule has 0 aromatic carbocycles. The molecule has 0 radical (unpaired) electrons. The Labute approximate surface area is 186 Å². The van der Waals surface area contributed by atoms with Crippen molar-refractivity contribution in [2.75, 3.05) is 0 Å². The third kappa shape index (κ3) is 3.79. The SMILES string of the molecule is CC(C)N1Cc2c(n(CC(=O)NCc3ccccn3)c3cc(C(C)(C)C)nn3c2=O)C1=O. The predicted octanol–water partition coefficient (Wildman–Crippen LogP) is 1.87. The van der Waals surface area contributed by atoms with E-state index in [1.807, 2.05) is 52.8 Å². The van der Waals surface area contributed by atoms with Crippen molar-refractivity contribution >= 4 is 17.5 Å². The molecule has 0 spiro atoms. The number of hydrogen-bond donors (Lipinski definition) is 1. The molecule has 1 aliphatic rings. The topological polar surface area (TPSA) is 102 Å². The average Bonchev–Trinajstić information content (AvgIpc) is 3.33. The summed E-state index contributed by atoms with van der Waals surface area (Å²) in [5, 5.41) is 7.38. The zero-order valence-electron chi connectivity index (χ0n) is 19.0. The molecular weight excluding hydrogens is 408 g/mol. The maximum absolute atomic E-state index is 13.2. The predicted molar refractivity (Wildman–Crippen MR) is 119 cm³/mol. The molecule has 0 atom stereocenters. The lowest BCUT2D eigenvalue weighted by atomic mass is 9.93. The van der Waals surface area contributed by atoms with Gasteiger partial charge in [0.05, 0.1) is 30.0 Å². The molecule has 168 valence electrons. The van der Waals surface area contributed by atoms with Crippen LogP contribution in [0.15, 0.2) is 35.3 Å². The smallest absolute Gasteiger partial charge is 0.280 e. The Morgan fingerprint density at radius 2 is 1.97 bits per heavy atom. The van der Waals surface area contributed by atoms with E-state index in [1.165, 1.54) is 4.52 Å². The van der Waals surface area contributed by atoms with Crippen LogP contribution in [0.25, 0.3) is 5.65 Å².